The smallest absolute Gasteiger partial charge is 0.254 e. The molecular weight excluding hydrogens is 348 g/mol. The molecular formula is C24H28N2O2. The third-order valence-electron chi connectivity index (χ3n) is 4.94. The van der Waals surface area contributed by atoms with E-state index < -0.39 is 0 Å². The Hall–Kier alpha value is -2.85. The molecule has 0 N–H and O–H groups in total. The van der Waals surface area contributed by atoms with E-state index in [-0.39, 0.29) is 5.91 Å². The normalized spacial score (nSPS) is 10.8. The van der Waals surface area contributed by atoms with Gasteiger partial charge in [0.05, 0.1) is 13.2 Å². The molecule has 1 aromatic heterocycles. The maximum atomic E-state index is 13.2. The zero-order valence-electron chi connectivity index (χ0n) is 16.9. The summed E-state index contributed by atoms with van der Waals surface area (Å²) in [7, 11) is 1.66. The summed E-state index contributed by atoms with van der Waals surface area (Å²) in [5, 5.41) is 0. The van der Waals surface area contributed by atoms with E-state index in [4.69, 9.17) is 4.74 Å². The Labute approximate surface area is 167 Å². The molecule has 0 saturated heterocycles. The maximum absolute atomic E-state index is 13.2. The zero-order chi connectivity index (χ0) is 19.9. The van der Waals surface area contributed by atoms with Gasteiger partial charge in [0.15, 0.2) is 0 Å². The van der Waals surface area contributed by atoms with Gasteiger partial charge < -0.3 is 14.2 Å². The average molecular weight is 377 g/mol. The topological polar surface area (TPSA) is 34.5 Å². The summed E-state index contributed by atoms with van der Waals surface area (Å²) in [6.07, 6.45) is 2.07. The number of aryl methyl sites for hydroxylation is 2. The lowest BCUT2D eigenvalue weighted by Crippen LogP contribution is -2.34. The van der Waals surface area contributed by atoms with Crippen molar-refractivity contribution in [2.24, 2.45) is 0 Å². The van der Waals surface area contributed by atoms with Gasteiger partial charge in [-0.25, -0.2) is 0 Å². The van der Waals surface area contributed by atoms with Crippen molar-refractivity contribution in [1.29, 1.82) is 0 Å². The Balaban J connectivity index is 1.81. The van der Waals surface area contributed by atoms with Gasteiger partial charge in [-0.05, 0) is 43.2 Å². The number of benzene rings is 2. The number of ether oxygens (including phenoxy) is 1. The van der Waals surface area contributed by atoms with Crippen LogP contribution in [0.15, 0.2) is 66.9 Å². The molecule has 0 aliphatic rings. The minimum atomic E-state index is 0.0402. The highest BCUT2D eigenvalue weighted by atomic mass is 16.5. The maximum Gasteiger partial charge on any atom is 0.254 e. The van der Waals surface area contributed by atoms with Gasteiger partial charge in [-0.3, -0.25) is 4.79 Å². The molecule has 1 heterocycles. The van der Waals surface area contributed by atoms with Crippen molar-refractivity contribution >= 4 is 5.91 Å². The predicted octanol–water partition coefficient (Wildman–Crippen LogP) is 4.44. The van der Waals surface area contributed by atoms with Crippen LogP contribution in [0.4, 0.5) is 0 Å². The standard InChI is InChI=1S/C24H28N2O2/c1-19-8-6-10-21(16-19)17-25-13-7-11-22(25)18-26(14-15-28-3)24(27)23-12-5-4-9-20(23)2/h4-13,16H,14-15,17-18H2,1-3H3. The van der Waals surface area contributed by atoms with E-state index in [0.717, 1.165) is 23.4 Å². The van der Waals surface area contributed by atoms with Gasteiger partial charge >= 0.3 is 0 Å². The number of rotatable bonds is 8. The third kappa shape index (κ3) is 4.90. The molecule has 0 bridgehead atoms. The average Bonchev–Trinajstić information content (AvgIpc) is 3.11. The molecule has 4 heteroatoms. The van der Waals surface area contributed by atoms with Crippen molar-refractivity contribution in [2.45, 2.75) is 26.9 Å². The highest BCUT2D eigenvalue weighted by Gasteiger charge is 2.19. The molecule has 1 amide bonds. The zero-order valence-corrected chi connectivity index (χ0v) is 16.9. The first kappa shape index (κ1) is 19.9. The summed E-state index contributed by atoms with van der Waals surface area (Å²) in [6, 6.07) is 20.4. The van der Waals surface area contributed by atoms with Crippen molar-refractivity contribution in [3.8, 4) is 0 Å². The van der Waals surface area contributed by atoms with E-state index in [1.54, 1.807) is 7.11 Å². The van der Waals surface area contributed by atoms with Crippen LogP contribution in [-0.2, 0) is 17.8 Å². The molecule has 4 nitrogen and oxygen atoms in total. The molecule has 0 saturated carbocycles. The van der Waals surface area contributed by atoms with E-state index in [2.05, 4.69) is 48.0 Å². The second-order valence-electron chi connectivity index (χ2n) is 7.15. The van der Waals surface area contributed by atoms with Gasteiger partial charge in [0.1, 0.15) is 0 Å². The monoisotopic (exact) mass is 376 g/mol. The number of carbonyl (C=O) groups excluding carboxylic acids is 1. The van der Waals surface area contributed by atoms with Gasteiger partial charge in [0, 0.05) is 37.7 Å². The summed E-state index contributed by atoms with van der Waals surface area (Å²) >= 11 is 0. The minimum absolute atomic E-state index is 0.0402. The number of aromatic nitrogens is 1. The lowest BCUT2D eigenvalue weighted by molar-refractivity contribution is 0.0675. The van der Waals surface area contributed by atoms with Crippen LogP contribution < -0.4 is 0 Å². The van der Waals surface area contributed by atoms with Crippen molar-refractivity contribution < 1.29 is 9.53 Å². The van der Waals surface area contributed by atoms with Crippen molar-refractivity contribution in [3.63, 3.8) is 0 Å². The largest absolute Gasteiger partial charge is 0.383 e. The molecule has 0 radical (unpaired) electrons. The van der Waals surface area contributed by atoms with Crippen LogP contribution in [0.1, 0.15) is 32.7 Å². The fourth-order valence-corrected chi connectivity index (χ4v) is 3.39. The third-order valence-corrected chi connectivity index (χ3v) is 4.94. The predicted molar refractivity (Wildman–Crippen MR) is 113 cm³/mol. The van der Waals surface area contributed by atoms with E-state index in [1.807, 2.05) is 42.2 Å². The summed E-state index contributed by atoms with van der Waals surface area (Å²) < 4.78 is 7.45. The van der Waals surface area contributed by atoms with E-state index in [1.165, 1.54) is 11.1 Å². The number of methoxy groups -OCH3 is 1. The van der Waals surface area contributed by atoms with Crippen LogP contribution in [0.5, 0.6) is 0 Å². The highest BCUT2D eigenvalue weighted by Crippen LogP contribution is 2.16. The van der Waals surface area contributed by atoms with Gasteiger partial charge in [0.2, 0.25) is 0 Å². The molecule has 28 heavy (non-hydrogen) atoms. The number of carbonyl (C=O) groups is 1. The van der Waals surface area contributed by atoms with Crippen LogP contribution in [0.3, 0.4) is 0 Å². The van der Waals surface area contributed by atoms with E-state index >= 15 is 0 Å². The van der Waals surface area contributed by atoms with Crippen LogP contribution >= 0.6 is 0 Å². The minimum Gasteiger partial charge on any atom is -0.383 e. The summed E-state index contributed by atoms with van der Waals surface area (Å²) in [5.41, 5.74) is 5.36. The molecule has 146 valence electrons. The van der Waals surface area contributed by atoms with Crippen molar-refractivity contribution in [2.75, 3.05) is 20.3 Å². The highest BCUT2D eigenvalue weighted by molar-refractivity contribution is 5.95. The Morgan fingerprint density at radius 3 is 2.61 bits per heavy atom. The molecule has 2 aromatic carbocycles. The molecule has 0 fully saturated rings. The van der Waals surface area contributed by atoms with Gasteiger partial charge in [-0.15, -0.1) is 0 Å². The lowest BCUT2D eigenvalue weighted by Gasteiger charge is -2.24. The molecule has 0 aliphatic carbocycles. The first-order chi connectivity index (χ1) is 13.6. The Bertz CT molecular complexity index is 930. The SMILES string of the molecule is COCCN(Cc1cccn1Cc1cccc(C)c1)C(=O)c1ccccc1C. The fourth-order valence-electron chi connectivity index (χ4n) is 3.39. The molecule has 3 rings (SSSR count). The second-order valence-corrected chi connectivity index (χ2v) is 7.15. The van der Waals surface area contributed by atoms with Crippen molar-refractivity contribution in [3.05, 3.63) is 94.8 Å². The molecule has 0 aliphatic heterocycles. The Morgan fingerprint density at radius 2 is 1.86 bits per heavy atom. The molecule has 0 unspecified atom stereocenters. The number of hydrogen-bond donors (Lipinski definition) is 0. The van der Waals surface area contributed by atoms with Gasteiger partial charge in [0.25, 0.3) is 5.91 Å². The number of hydrogen-bond acceptors (Lipinski definition) is 2. The summed E-state index contributed by atoms with van der Waals surface area (Å²) in [5.74, 6) is 0.0402. The first-order valence-corrected chi connectivity index (χ1v) is 9.62. The molecule has 0 spiro atoms. The lowest BCUT2D eigenvalue weighted by atomic mass is 10.1. The van der Waals surface area contributed by atoms with Crippen LogP contribution in [0.2, 0.25) is 0 Å². The van der Waals surface area contributed by atoms with Crippen LogP contribution in [0.25, 0.3) is 0 Å². The van der Waals surface area contributed by atoms with Crippen LogP contribution in [-0.4, -0.2) is 35.6 Å². The summed E-state index contributed by atoms with van der Waals surface area (Å²) in [4.78, 5) is 15.0. The second kappa shape index (κ2) is 9.38. The first-order valence-electron chi connectivity index (χ1n) is 9.62. The molecule has 0 atom stereocenters. The number of amides is 1. The molecule has 3 aromatic rings. The van der Waals surface area contributed by atoms with Crippen LogP contribution in [0, 0.1) is 13.8 Å². The quantitative estimate of drug-likeness (QED) is 0.582. The fraction of sp³-hybridized carbons (Fsp3) is 0.292. The van der Waals surface area contributed by atoms with E-state index in [0.29, 0.717) is 19.7 Å². The van der Waals surface area contributed by atoms with Gasteiger partial charge in [-0.1, -0.05) is 48.0 Å². The summed E-state index contributed by atoms with van der Waals surface area (Å²) in [6.45, 7) is 6.49. The Kier molecular flexibility index (Phi) is 6.66. The van der Waals surface area contributed by atoms with E-state index in [9.17, 15) is 4.79 Å². The number of nitrogens with zero attached hydrogens (tertiary/aromatic N) is 2. The van der Waals surface area contributed by atoms with Gasteiger partial charge in [-0.2, -0.15) is 0 Å². The Morgan fingerprint density at radius 1 is 1.04 bits per heavy atom. The van der Waals surface area contributed by atoms with Crippen molar-refractivity contribution in [1.82, 2.24) is 9.47 Å².